The topological polar surface area (TPSA) is 23.6 Å². The van der Waals surface area contributed by atoms with E-state index in [1.807, 2.05) is 0 Å². The highest BCUT2D eigenvalue weighted by Crippen LogP contribution is 2.23. The number of ketones is 1. The number of halogens is 2. The molecular formula is C15H20Cl2N2O. The molecule has 0 spiro atoms. The van der Waals surface area contributed by atoms with Gasteiger partial charge in [-0.15, -0.1) is 0 Å². The average molecular weight is 315 g/mol. The Morgan fingerprint density at radius 2 is 2.05 bits per heavy atom. The van der Waals surface area contributed by atoms with Gasteiger partial charge in [-0.2, -0.15) is 0 Å². The Labute approximate surface area is 130 Å². The standard InChI is InChI=1S/C15H20Cl2N2O/c1-3-19-7-6-18(9-11(19)2)10-15(20)12-4-5-13(16)14(17)8-12/h4-5,8,11H,3,6-7,9-10H2,1-2H3. The number of Topliss-reactive ketones (excluding diaryl/α,β-unsaturated/α-hetero) is 1. The SMILES string of the molecule is CCN1CCN(CC(=O)c2ccc(Cl)c(Cl)c2)CC1C. The van der Waals surface area contributed by atoms with E-state index in [2.05, 4.69) is 23.6 Å². The van der Waals surface area contributed by atoms with Crippen LogP contribution >= 0.6 is 23.2 Å². The van der Waals surface area contributed by atoms with Gasteiger partial charge in [0.15, 0.2) is 5.78 Å². The van der Waals surface area contributed by atoms with E-state index in [0.717, 1.165) is 26.2 Å². The molecule has 1 fully saturated rings. The van der Waals surface area contributed by atoms with Crippen molar-refractivity contribution in [2.24, 2.45) is 0 Å². The number of piperazine rings is 1. The summed E-state index contributed by atoms with van der Waals surface area (Å²) in [5, 5.41) is 0.912. The largest absolute Gasteiger partial charge is 0.298 e. The maximum atomic E-state index is 12.3. The van der Waals surface area contributed by atoms with Crippen molar-refractivity contribution in [3.63, 3.8) is 0 Å². The van der Waals surface area contributed by atoms with Gasteiger partial charge in [0.05, 0.1) is 16.6 Å². The molecule has 1 saturated heterocycles. The first kappa shape index (κ1) is 15.8. The number of benzene rings is 1. The smallest absolute Gasteiger partial charge is 0.176 e. The van der Waals surface area contributed by atoms with E-state index in [1.165, 1.54) is 0 Å². The zero-order valence-electron chi connectivity index (χ0n) is 11.9. The summed E-state index contributed by atoms with van der Waals surface area (Å²) in [4.78, 5) is 16.9. The van der Waals surface area contributed by atoms with Crippen molar-refractivity contribution in [3.05, 3.63) is 33.8 Å². The number of carbonyl (C=O) groups excluding carboxylic acids is 1. The Balaban J connectivity index is 1.96. The number of likely N-dealkylation sites (N-methyl/N-ethyl adjacent to an activating group) is 1. The highest BCUT2D eigenvalue weighted by molar-refractivity contribution is 6.42. The Hall–Kier alpha value is -0.610. The third-order valence-electron chi connectivity index (χ3n) is 3.86. The van der Waals surface area contributed by atoms with Gasteiger partial charge < -0.3 is 0 Å². The predicted octanol–water partition coefficient (Wildman–Crippen LogP) is 3.20. The van der Waals surface area contributed by atoms with Crippen LogP contribution in [0.3, 0.4) is 0 Å². The lowest BCUT2D eigenvalue weighted by Gasteiger charge is -2.39. The first-order valence-electron chi connectivity index (χ1n) is 6.96. The first-order chi connectivity index (χ1) is 9.51. The molecule has 1 aliphatic rings. The molecule has 1 aliphatic heterocycles. The van der Waals surface area contributed by atoms with Gasteiger partial charge in [0.1, 0.15) is 0 Å². The molecule has 0 saturated carbocycles. The van der Waals surface area contributed by atoms with Crippen LogP contribution in [0.5, 0.6) is 0 Å². The minimum Gasteiger partial charge on any atom is -0.298 e. The van der Waals surface area contributed by atoms with Crippen LogP contribution < -0.4 is 0 Å². The molecule has 0 aliphatic carbocycles. The molecule has 0 bridgehead atoms. The maximum Gasteiger partial charge on any atom is 0.176 e. The van der Waals surface area contributed by atoms with Gasteiger partial charge in [0, 0.05) is 31.2 Å². The molecule has 2 rings (SSSR count). The summed E-state index contributed by atoms with van der Waals surface area (Å²) in [6, 6.07) is 5.56. The van der Waals surface area contributed by atoms with Gasteiger partial charge in [-0.3, -0.25) is 14.6 Å². The highest BCUT2D eigenvalue weighted by Gasteiger charge is 2.24. The fourth-order valence-corrected chi connectivity index (χ4v) is 2.95. The third kappa shape index (κ3) is 3.73. The number of rotatable bonds is 4. The summed E-state index contributed by atoms with van der Waals surface area (Å²) in [5.74, 6) is 0.0979. The monoisotopic (exact) mass is 314 g/mol. The van der Waals surface area contributed by atoms with Crippen LogP contribution in [-0.2, 0) is 0 Å². The Morgan fingerprint density at radius 1 is 1.30 bits per heavy atom. The van der Waals surface area contributed by atoms with E-state index in [0.29, 0.717) is 28.2 Å². The number of hydrogen-bond acceptors (Lipinski definition) is 3. The summed E-state index contributed by atoms with van der Waals surface area (Å²) in [7, 11) is 0. The van der Waals surface area contributed by atoms with E-state index in [1.54, 1.807) is 18.2 Å². The van der Waals surface area contributed by atoms with Crippen LogP contribution in [0.15, 0.2) is 18.2 Å². The minimum absolute atomic E-state index is 0.0979. The second-order valence-corrected chi connectivity index (χ2v) is 6.08. The van der Waals surface area contributed by atoms with Crippen LogP contribution in [0.25, 0.3) is 0 Å². The summed E-state index contributed by atoms with van der Waals surface area (Å²) in [6.45, 7) is 8.78. The molecule has 0 N–H and O–H groups in total. The van der Waals surface area contributed by atoms with E-state index < -0.39 is 0 Å². The summed E-state index contributed by atoms with van der Waals surface area (Å²) in [5.41, 5.74) is 0.630. The molecule has 1 unspecified atom stereocenters. The Bertz CT molecular complexity index is 493. The van der Waals surface area contributed by atoms with E-state index in [9.17, 15) is 4.79 Å². The second-order valence-electron chi connectivity index (χ2n) is 5.26. The molecular weight excluding hydrogens is 295 g/mol. The fourth-order valence-electron chi connectivity index (χ4n) is 2.65. The summed E-state index contributed by atoms with van der Waals surface area (Å²) in [6.07, 6.45) is 0. The van der Waals surface area contributed by atoms with Crippen LogP contribution in [0.4, 0.5) is 0 Å². The average Bonchev–Trinajstić information content (AvgIpc) is 2.42. The van der Waals surface area contributed by atoms with Gasteiger partial charge in [0.2, 0.25) is 0 Å². The van der Waals surface area contributed by atoms with E-state index >= 15 is 0 Å². The van der Waals surface area contributed by atoms with Gasteiger partial charge in [-0.05, 0) is 31.7 Å². The zero-order valence-corrected chi connectivity index (χ0v) is 13.4. The van der Waals surface area contributed by atoms with Crippen molar-refractivity contribution >= 4 is 29.0 Å². The number of nitrogens with zero attached hydrogens (tertiary/aromatic N) is 2. The first-order valence-corrected chi connectivity index (χ1v) is 7.71. The van der Waals surface area contributed by atoms with E-state index in [-0.39, 0.29) is 5.78 Å². The highest BCUT2D eigenvalue weighted by atomic mass is 35.5. The zero-order chi connectivity index (χ0) is 14.7. The van der Waals surface area contributed by atoms with Crippen LogP contribution in [0, 0.1) is 0 Å². The number of carbonyl (C=O) groups is 1. The lowest BCUT2D eigenvalue weighted by molar-refractivity contribution is 0.0723. The molecule has 3 nitrogen and oxygen atoms in total. The fraction of sp³-hybridized carbons (Fsp3) is 0.533. The molecule has 1 atom stereocenters. The molecule has 110 valence electrons. The molecule has 0 radical (unpaired) electrons. The van der Waals surface area contributed by atoms with Crippen molar-refractivity contribution in [2.45, 2.75) is 19.9 Å². The molecule has 1 aromatic carbocycles. The van der Waals surface area contributed by atoms with Crippen molar-refractivity contribution in [2.75, 3.05) is 32.7 Å². The van der Waals surface area contributed by atoms with Crippen LogP contribution in [0.2, 0.25) is 10.0 Å². The predicted molar refractivity (Wildman–Crippen MR) is 83.9 cm³/mol. The Morgan fingerprint density at radius 3 is 2.65 bits per heavy atom. The molecule has 20 heavy (non-hydrogen) atoms. The second kappa shape index (κ2) is 6.90. The van der Waals surface area contributed by atoms with Gasteiger partial charge in [-0.25, -0.2) is 0 Å². The molecule has 5 heteroatoms. The lowest BCUT2D eigenvalue weighted by Crippen LogP contribution is -2.52. The molecule has 0 aromatic heterocycles. The molecule has 1 aromatic rings. The van der Waals surface area contributed by atoms with Gasteiger partial charge >= 0.3 is 0 Å². The van der Waals surface area contributed by atoms with Crippen molar-refractivity contribution in [1.29, 1.82) is 0 Å². The Kier molecular flexibility index (Phi) is 5.44. The van der Waals surface area contributed by atoms with Crippen molar-refractivity contribution < 1.29 is 4.79 Å². The summed E-state index contributed by atoms with van der Waals surface area (Å²) < 4.78 is 0. The van der Waals surface area contributed by atoms with Crippen molar-refractivity contribution in [1.82, 2.24) is 9.80 Å². The normalized spacial score (nSPS) is 21.1. The van der Waals surface area contributed by atoms with Crippen LogP contribution in [-0.4, -0.2) is 54.3 Å². The molecule has 0 amide bonds. The lowest BCUT2D eigenvalue weighted by atomic mass is 10.1. The van der Waals surface area contributed by atoms with Crippen molar-refractivity contribution in [3.8, 4) is 0 Å². The number of hydrogen-bond donors (Lipinski definition) is 0. The quantitative estimate of drug-likeness (QED) is 0.797. The molecule has 1 heterocycles. The van der Waals surface area contributed by atoms with Gasteiger partial charge in [-0.1, -0.05) is 30.1 Å². The third-order valence-corrected chi connectivity index (χ3v) is 4.60. The maximum absolute atomic E-state index is 12.3. The van der Waals surface area contributed by atoms with Gasteiger partial charge in [0.25, 0.3) is 0 Å². The minimum atomic E-state index is 0.0979. The summed E-state index contributed by atoms with van der Waals surface area (Å²) >= 11 is 11.8. The van der Waals surface area contributed by atoms with E-state index in [4.69, 9.17) is 23.2 Å². The van der Waals surface area contributed by atoms with Crippen LogP contribution in [0.1, 0.15) is 24.2 Å².